The molecule has 1 aromatic rings. The Balaban J connectivity index is 2.23. The van der Waals surface area contributed by atoms with E-state index in [1.54, 1.807) is 0 Å². The fraction of sp³-hybridized carbons (Fsp3) is 0.500. The number of amides is 3. The van der Waals surface area contributed by atoms with Gasteiger partial charge in [0, 0.05) is 13.0 Å². The van der Waals surface area contributed by atoms with Gasteiger partial charge in [-0.15, -0.1) is 0 Å². The molecule has 8 nitrogen and oxygen atoms in total. The zero-order valence-electron chi connectivity index (χ0n) is 16.2. The lowest BCUT2D eigenvalue weighted by molar-refractivity contribution is -0.142. The molecule has 3 amide bonds. The maximum atomic E-state index is 11.9. The first-order valence-corrected chi connectivity index (χ1v) is 9.44. The average molecular weight is 391 g/mol. The minimum Gasteiger partial charge on any atom is -0.480 e. The predicted octanol–water partition coefficient (Wildman–Crippen LogP) is 0.920. The van der Waals surface area contributed by atoms with Crippen LogP contribution in [0.2, 0.25) is 0 Å². The quantitative estimate of drug-likeness (QED) is 0.277. The Kier molecular flexibility index (Phi) is 11.0. The van der Waals surface area contributed by atoms with E-state index >= 15 is 0 Å². The Hall–Kier alpha value is -2.90. The lowest BCUT2D eigenvalue weighted by atomic mass is 10.1. The number of carboxylic acid groups (broad SMARTS) is 1. The van der Waals surface area contributed by atoms with Gasteiger partial charge in [0.05, 0.1) is 6.54 Å². The van der Waals surface area contributed by atoms with Gasteiger partial charge in [0.2, 0.25) is 18.2 Å². The lowest BCUT2D eigenvalue weighted by Gasteiger charge is -2.14. The molecule has 0 fully saturated rings. The Morgan fingerprint density at radius 2 is 1.79 bits per heavy atom. The number of rotatable bonds is 14. The first-order valence-electron chi connectivity index (χ1n) is 9.44. The maximum Gasteiger partial charge on any atom is 0.326 e. The Morgan fingerprint density at radius 1 is 1.07 bits per heavy atom. The summed E-state index contributed by atoms with van der Waals surface area (Å²) < 4.78 is 0. The summed E-state index contributed by atoms with van der Waals surface area (Å²) >= 11 is 0. The summed E-state index contributed by atoms with van der Waals surface area (Å²) in [6, 6.07) is 7.10. The number of nitrogens with one attached hydrogen (secondary N) is 3. The van der Waals surface area contributed by atoms with Crippen LogP contribution in [0.15, 0.2) is 24.3 Å². The fourth-order valence-corrected chi connectivity index (χ4v) is 2.61. The number of carboxylic acids is 1. The molecule has 1 unspecified atom stereocenters. The van der Waals surface area contributed by atoms with Crippen LogP contribution in [0.5, 0.6) is 0 Å². The van der Waals surface area contributed by atoms with Crippen LogP contribution in [0.3, 0.4) is 0 Å². The molecule has 0 aromatic heterocycles. The minimum atomic E-state index is -1.12. The van der Waals surface area contributed by atoms with Crippen LogP contribution in [-0.2, 0) is 25.6 Å². The van der Waals surface area contributed by atoms with Gasteiger partial charge in [-0.1, -0.05) is 29.8 Å². The molecule has 4 N–H and O–H groups in total. The van der Waals surface area contributed by atoms with Crippen LogP contribution >= 0.6 is 0 Å². The van der Waals surface area contributed by atoms with Crippen molar-refractivity contribution in [3.05, 3.63) is 35.4 Å². The van der Waals surface area contributed by atoms with Crippen molar-refractivity contribution in [2.45, 2.75) is 51.5 Å². The molecule has 0 saturated carbocycles. The summed E-state index contributed by atoms with van der Waals surface area (Å²) in [7, 11) is 0. The van der Waals surface area contributed by atoms with Crippen LogP contribution in [0.25, 0.3) is 0 Å². The summed E-state index contributed by atoms with van der Waals surface area (Å²) in [5.41, 5.74) is 2.34. The van der Waals surface area contributed by atoms with Gasteiger partial charge in [0.1, 0.15) is 6.04 Å². The van der Waals surface area contributed by atoms with Gasteiger partial charge < -0.3 is 21.1 Å². The highest BCUT2D eigenvalue weighted by molar-refractivity contribution is 5.87. The predicted molar refractivity (Wildman–Crippen MR) is 105 cm³/mol. The van der Waals surface area contributed by atoms with Crippen LogP contribution in [0.1, 0.15) is 43.2 Å². The molecular formula is C20H29N3O5. The van der Waals surface area contributed by atoms with Crippen LogP contribution < -0.4 is 16.0 Å². The fourth-order valence-electron chi connectivity index (χ4n) is 2.61. The van der Waals surface area contributed by atoms with E-state index in [0.29, 0.717) is 38.6 Å². The van der Waals surface area contributed by atoms with E-state index in [-0.39, 0.29) is 18.9 Å². The number of aliphatic carboxylic acids is 1. The number of hydrogen-bond acceptors (Lipinski definition) is 4. The van der Waals surface area contributed by atoms with Crippen LogP contribution in [0.4, 0.5) is 0 Å². The van der Waals surface area contributed by atoms with Gasteiger partial charge in [-0.3, -0.25) is 14.4 Å². The Labute approximate surface area is 165 Å². The second-order valence-electron chi connectivity index (χ2n) is 6.64. The van der Waals surface area contributed by atoms with Gasteiger partial charge in [-0.05, 0) is 44.6 Å². The molecule has 0 saturated heterocycles. The Morgan fingerprint density at radius 3 is 2.43 bits per heavy atom. The molecule has 154 valence electrons. The third-order valence-corrected chi connectivity index (χ3v) is 4.22. The molecule has 0 heterocycles. The molecule has 0 aliphatic heterocycles. The lowest BCUT2D eigenvalue weighted by Crippen LogP contribution is -2.45. The average Bonchev–Trinajstić information content (AvgIpc) is 2.66. The smallest absolute Gasteiger partial charge is 0.326 e. The van der Waals surface area contributed by atoms with Crippen LogP contribution in [-0.4, -0.2) is 48.4 Å². The highest BCUT2D eigenvalue weighted by Gasteiger charge is 2.19. The number of benzene rings is 1. The number of carbonyl (C=O) groups excluding carboxylic acids is 3. The Bertz CT molecular complexity index is 646. The molecule has 1 atom stereocenters. The molecule has 8 heteroatoms. The molecule has 1 aromatic carbocycles. The molecule has 0 aliphatic carbocycles. The number of aryl methyl sites for hydroxylation is 2. The molecule has 0 radical (unpaired) electrons. The highest BCUT2D eigenvalue weighted by Crippen LogP contribution is 2.07. The summed E-state index contributed by atoms with van der Waals surface area (Å²) in [5.74, 6) is -1.90. The third kappa shape index (κ3) is 10.3. The zero-order valence-corrected chi connectivity index (χ0v) is 16.2. The topological polar surface area (TPSA) is 125 Å². The second kappa shape index (κ2) is 13.3. The summed E-state index contributed by atoms with van der Waals surface area (Å²) in [6.45, 7) is 2.23. The van der Waals surface area contributed by atoms with Gasteiger partial charge >= 0.3 is 5.97 Å². The maximum absolute atomic E-state index is 11.9. The van der Waals surface area contributed by atoms with Crippen molar-refractivity contribution in [2.24, 2.45) is 0 Å². The van der Waals surface area contributed by atoms with Crippen LogP contribution in [0, 0.1) is 6.92 Å². The van der Waals surface area contributed by atoms with E-state index in [0.717, 1.165) is 12.0 Å². The number of unbranched alkanes of at least 4 members (excludes halogenated alkanes) is 1. The normalized spacial score (nSPS) is 11.3. The first-order chi connectivity index (χ1) is 13.4. The summed E-state index contributed by atoms with van der Waals surface area (Å²) in [6.07, 6.45) is 3.75. The molecular weight excluding hydrogens is 362 g/mol. The van der Waals surface area contributed by atoms with Crippen molar-refractivity contribution in [1.29, 1.82) is 0 Å². The molecule has 28 heavy (non-hydrogen) atoms. The standard InChI is InChI=1S/C20H29N3O5/c1-15-8-10-16(11-9-15)5-4-7-18(25)22-13-19(26)23-17(20(27)28)6-2-3-12-21-14-24/h8-11,14,17H,2-7,12-13H2,1H3,(H,21,24)(H,22,25)(H,23,26)(H,27,28). The first kappa shape index (κ1) is 23.1. The second-order valence-corrected chi connectivity index (χ2v) is 6.64. The molecule has 1 rings (SSSR count). The van der Waals surface area contributed by atoms with E-state index in [1.807, 2.05) is 31.2 Å². The van der Waals surface area contributed by atoms with Crippen molar-refractivity contribution in [1.82, 2.24) is 16.0 Å². The molecule has 0 bridgehead atoms. The van der Waals surface area contributed by atoms with Gasteiger partial charge in [0.25, 0.3) is 0 Å². The largest absolute Gasteiger partial charge is 0.480 e. The van der Waals surface area contributed by atoms with Gasteiger partial charge in [-0.2, -0.15) is 0 Å². The van der Waals surface area contributed by atoms with Gasteiger partial charge in [-0.25, -0.2) is 4.79 Å². The number of carbonyl (C=O) groups is 4. The monoisotopic (exact) mass is 391 g/mol. The van der Waals surface area contributed by atoms with E-state index in [4.69, 9.17) is 5.11 Å². The highest BCUT2D eigenvalue weighted by atomic mass is 16.4. The minimum absolute atomic E-state index is 0.242. The summed E-state index contributed by atoms with van der Waals surface area (Å²) in [5, 5.41) is 16.6. The third-order valence-electron chi connectivity index (χ3n) is 4.22. The van der Waals surface area contributed by atoms with E-state index in [2.05, 4.69) is 16.0 Å². The number of hydrogen-bond donors (Lipinski definition) is 4. The van der Waals surface area contributed by atoms with E-state index in [1.165, 1.54) is 5.56 Å². The SMILES string of the molecule is Cc1ccc(CCCC(=O)NCC(=O)NC(CCCCNC=O)C(=O)O)cc1. The van der Waals surface area contributed by atoms with Crippen molar-refractivity contribution in [2.75, 3.05) is 13.1 Å². The zero-order chi connectivity index (χ0) is 20.8. The van der Waals surface area contributed by atoms with E-state index in [9.17, 15) is 19.2 Å². The van der Waals surface area contributed by atoms with Crippen molar-refractivity contribution in [3.63, 3.8) is 0 Å². The summed E-state index contributed by atoms with van der Waals surface area (Å²) in [4.78, 5) is 45.1. The van der Waals surface area contributed by atoms with Gasteiger partial charge in [0.15, 0.2) is 0 Å². The van der Waals surface area contributed by atoms with Crippen molar-refractivity contribution < 1.29 is 24.3 Å². The van der Waals surface area contributed by atoms with Crippen molar-refractivity contribution >= 4 is 24.2 Å². The molecule has 0 aliphatic rings. The van der Waals surface area contributed by atoms with E-state index < -0.39 is 17.9 Å². The van der Waals surface area contributed by atoms with Crippen molar-refractivity contribution in [3.8, 4) is 0 Å². The molecule has 0 spiro atoms.